The van der Waals surface area contributed by atoms with Crippen molar-refractivity contribution in [1.82, 2.24) is 5.32 Å². The van der Waals surface area contributed by atoms with E-state index in [-0.39, 0.29) is 52.8 Å². The standard InChI is InChI=1S/C8H19N.K.H/c1-3-5-7-9-8-6-4-2;;/h9H,3-8H2,1-2H3;;/q;+1;-1. The van der Waals surface area contributed by atoms with E-state index in [0.717, 1.165) is 0 Å². The van der Waals surface area contributed by atoms with Gasteiger partial charge in [0.15, 0.2) is 0 Å². The van der Waals surface area contributed by atoms with Gasteiger partial charge in [0, 0.05) is 0 Å². The zero-order chi connectivity index (χ0) is 6.95. The fraction of sp³-hybridized carbons (Fsp3) is 1.00. The molecule has 0 unspecified atom stereocenters. The van der Waals surface area contributed by atoms with Gasteiger partial charge in [-0.25, -0.2) is 0 Å². The first kappa shape index (κ1) is 14.1. The average molecular weight is 169 g/mol. The molecule has 0 spiro atoms. The molecule has 0 aliphatic rings. The Kier molecular flexibility index (Phi) is 18.7. The van der Waals surface area contributed by atoms with E-state index < -0.39 is 0 Å². The Morgan fingerprint density at radius 1 is 1.00 bits per heavy atom. The van der Waals surface area contributed by atoms with Crippen LogP contribution in [0.2, 0.25) is 0 Å². The van der Waals surface area contributed by atoms with E-state index in [1.807, 2.05) is 0 Å². The van der Waals surface area contributed by atoms with Gasteiger partial charge in [0.25, 0.3) is 0 Å². The third-order valence-corrected chi connectivity index (χ3v) is 1.41. The maximum Gasteiger partial charge on any atom is 1.00 e. The van der Waals surface area contributed by atoms with Crippen molar-refractivity contribution in [2.45, 2.75) is 39.5 Å². The molecule has 0 aromatic carbocycles. The summed E-state index contributed by atoms with van der Waals surface area (Å²) < 4.78 is 0. The van der Waals surface area contributed by atoms with Crippen molar-refractivity contribution in [1.29, 1.82) is 0 Å². The first-order valence-corrected chi connectivity index (χ1v) is 4.12. The fourth-order valence-corrected chi connectivity index (χ4v) is 0.729. The van der Waals surface area contributed by atoms with Crippen LogP contribution in [0.1, 0.15) is 41.0 Å². The second-order valence-electron chi connectivity index (χ2n) is 2.46. The van der Waals surface area contributed by atoms with Crippen LogP contribution >= 0.6 is 0 Å². The first-order valence-electron chi connectivity index (χ1n) is 4.12. The van der Waals surface area contributed by atoms with Crippen LogP contribution in [0, 0.1) is 0 Å². The summed E-state index contributed by atoms with van der Waals surface area (Å²) in [6.07, 6.45) is 5.26. The number of rotatable bonds is 6. The largest absolute Gasteiger partial charge is 1.00 e. The summed E-state index contributed by atoms with van der Waals surface area (Å²) >= 11 is 0. The number of nitrogens with one attached hydrogen (secondary N) is 1. The van der Waals surface area contributed by atoms with Gasteiger partial charge in [-0.3, -0.25) is 0 Å². The number of hydrogen-bond donors (Lipinski definition) is 1. The molecule has 0 saturated carbocycles. The molecule has 0 heterocycles. The second kappa shape index (κ2) is 13.2. The van der Waals surface area contributed by atoms with Crippen molar-refractivity contribution in [2.24, 2.45) is 0 Å². The molecule has 1 N–H and O–H groups in total. The third-order valence-electron chi connectivity index (χ3n) is 1.41. The Bertz CT molecular complexity index is 47.4. The first-order chi connectivity index (χ1) is 4.41. The van der Waals surface area contributed by atoms with Crippen LogP contribution in [0.25, 0.3) is 0 Å². The molecule has 0 aliphatic heterocycles. The predicted molar refractivity (Wildman–Crippen MR) is 43.8 cm³/mol. The number of unbranched alkanes of at least 4 members (excludes halogenated alkanes) is 2. The van der Waals surface area contributed by atoms with Gasteiger partial charge in [-0.1, -0.05) is 26.7 Å². The van der Waals surface area contributed by atoms with Crippen LogP contribution in [-0.4, -0.2) is 13.1 Å². The van der Waals surface area contributed by atoms with E-state index in [4.69, 9.17) is 0 Å². The van der Waals surface area contributed by atoms with Crippen molar-refractivity contribution in [2.75, 3.05) is 13.1 Å². The van der Waals surface area contributed by atoms with Gasteiger partial charge in [-0.15, -0.1) is 0 Å². The second-order valence-corrected chi connectivity index (χ2v) is 2.46. The van der Waals surface area contributed by atoms with E-state index in [0.29, 0.717) is 0 Å². The maximum atomic E-state index is 3.39. The Hall–Kier alpha value is 1.60. The Balaban J connectivity index is -0.000000320. The maximum absolute atomic E-state index is 3.39. The molecule has 0 saturated heterocycles. The SMILES string of the molecule is CCCCNCCCC.[H-].[K+]. The molecule has 0 radical (unpaired) electrons. The summed E-state index contributed by atoms with van der Waals surface area (Å²) in [6.45, 7) is 6.86. The molecular formula is C8H20KN. The normalized spacial score (nSPS) is 9.00. The predicted octanol–water partition coefficient (Wildman–Crippen LogP) is -0.707. The average Bonchev–Trinajstić information content (AvgIpc) is 1.89. The van der Waals surface area contributed by atoms with Crippen molar-refractivity contribution >= 4 is 0 Å². The fourth-order valence-electron chi connectivity index (χ4n) is 0.729. The van der Waals surface area contributed by atoms with Crippen LogP contribution in [0.15, 0.2) is 0 Å². The van der Waals surface area contributed by atoms with E-state index in [2.05, 4.69) is 19.2 Å². The Morgan fingerprint density at radius 3 is 1.70 bits per heavy atom. The minimum atomic E-state index is 0. The van der Waals surface area contributed by atoms with Gasteiger partial charge in [0.2, 0.25) is 0 Å². The zero-order valence-corrected chi connectivity index (χ0v) is 10.9. The summed E-state index contributed by atoms with van der Waals surface area (Å²) in [5, 5.41) is 3.39. The van der Waals surface area contributed by atoms with E-state index in [9.17, 15) is 0 Å². The molecule has 0 aromatic heterocycles. The van der Waals surface area contributed by atoms with E-state index >= 15 is 0 Å². The molecular weight excluding hydrogens is 149 g/mol. The molecule has 0 bridgehead atoms. The molecule has 0 atom stereocenters. The van der Waals surface area contributed by atoms with Crippen molar-refractivity contribution in [3.8, 4) is 0 Å². The third kappa shape index (κ3) is 12.3. The molecule has 10 heavy (non-hydrogen) atoms. The molecule has 2 heteroatoms. The molecule has 0 fully saturated rings. The molecule has 0 aliphatic carbocycles. The van der Waals surface area contributed by atoms with E-state index in [1.165, 1.54) is 38.8 Å². The van der Waals surface area contributed by atoms with Gasteiger partial charge in [-0.05, 0) is 25.9 Å². The van der Waals surface area contributed by atoms with Crippen LogP contribution in [-0.2, 0) is 0 Å². The summed E-state index contributed by atoms with van der Waals surface area (Å²) in [4.78, 5) is 0. The van der Waals surface area contributed by atoms with Gasteiger partial charge in [-0.2, -0.15) is 0 Å². The van der Waals surface area contributed by atoms with Gasteiger partial charge in [0.05, 0.1) is 0 Å². The smallest absolute Gasteiger partial charge is 1.00 e. The summed E-state index contributed by atoms with van der Waals surface area (Å²) in [7, 11) is 0. The molecule has 1 nitrogen and oxygen atoms in total. The quantitative estimate of drug-likeness (QED) is 0.409. The van der Waals surface area contributed by atoms with Crippen LogP contribution in [0.4, 0.5) is 0 Å². The van der Waals surface area contributed by atoms with Gasteiger partial charge >= 0.3 is 51.4 Å². The summed E-state index contributed by atoms with van der Waals surface area (Å²) in [5.74, 6) is 0. The van der Waals surface area contributed by atoms with Crippen LogP contribution in [0.5, 0.6) is 0 Å². The molecule has 0 aromatic rings. The van der Waals surface area contributed by atoms with Crippen molar-refractivity contribution in [3.05, 3.63) is 0 Å². The Labute approximate surface area is 109 Å². The molecule has 58 valence electrons. The molecule has 0 rings (SSSR count). The van der Waals surface area contributed by atoms with Crippen LogP contribution in [0.3, 0.4) is 0 Å². The van der Waals surface area contributed by atoms with Crippen LogP contribution < -0.4 is 56.7 Å². The number of hydrogen-bond acceptors (Lipinski definition) is 1. The Morgan fingerprint density at radius 2 is 1.40 bits per heavy atom. The zero-order valence-electron chi connectivity index (χ0n) is 8.74. The monoisotopic (exact) mass is 169 g/mol. The summed E-state index contributed by atoms with van der Waals surface area (Å²) in [5.41, 5.74) is 0. The molecule has 0 amide bonds. The summed E-state index contributed by atoms with van der Waals surface area (Å²) in [6, 6.07) is 0. The van der Waals surface area contributed by atoms with E-state index in [1.54, 1.807) is 0 Å². The minimum absolute atomic E-state index is 0. The van der Waals surface area contributed by atoms with Crippen molar-refractivity contribution < 1.29 is 52.8 Å². The topological polar surface area (TPSA) is 12.0 Å². The van der Waals surface area contributed by atoms with Crippen molar-refractivity contribution in [3.63, 3.8) is 0 Å². The van der Waals surface area contributed by atoms with Gasteiger partial charge in [0.1, 0.15) is 0 Å². The van der Waals surface area contributed by atoms with Gasteiger partial charge < -0.3 is 6.74 Å². The minimum Gasteiger partial charge on any atom is -1.00 e.